The third-order valence-corrected chi connectivity index (χ3v) is 4.35. The normalized spacial score (nSPS) is 16.7. The summed E-state index contributed by atoms with van der Waals surface area (Å²) in [5.41, 5.74) is 5.21. The molecule has 0 saturated carbocycles. The molecule has 0 aromatic heterocycles. The first-order valence-corrected chi connectivity index (χ1v) is 6.84. The molecule has 0 saturated heterocycles. The Morgan fingerprint density at radius 1 is 1.16 bits per heavy atom. The maximum atomic E-state index is 12.6. The molecule has 3 rings (SSSR count). The van der Waals surface area contributed by atoms with Crippen molar-refractivity contribution < 1.29 is 4.79 Å². The van der Waals surface area contributed by atoms with Crippen molar-refractivity contribution in [2.75, 3.05) is 0 Å². The van der Waals surface area contributed by atoms with Crippen LogP contribution >= 0.6 is 11.6 Å². The maximum absolute atomic E-state index is 12.6. The molecular formula is C17H15ClO. The summed E-state index contributed by atoms with van der Waals surface area (Å²) in [6.45, 7) is 3.89. The molecule has 2 heteroatoms. The van der Waals surface area contributed by atoms with Crippen LogP contribution in [0.4, 0.5) is 0 Å². The highest BCUT2D eigenvalue weighted by Gasteiger charge is 2.32. The van der Waals surface area contributed by atoms with Crippen molar-refractivity contribution in [1.82, 2.24) is 0 Å². The van der Waals surface area contributed by atoms with Crippen molar-refractivity contribution in [3.8, 4) is 0 Å². The fraction of sp³-hybridized carbons (Fsp3) is 0.235. The van der Waals surface area contributed by atoms with E-state index >= 15 is 0 Å². The molecule has 0 spiro atoms. The molecule has 96 valence electrons. The van der Waals surface area contributed by atoms with Crippen LogP contribution in [0, 0.1) is 13.8 Å². The van der Waals surface area contributed by atoms with Crippen LogP contribution in [0.3, 0.4) is 0 Å². The van der Waals surface area contributed by atoms with Gasteiger partial charge in [0.1, 0.15) is 0 Å². The van der Waals surface area contributed by atoms with Crippen molar-refractivity contribution in [3.63, 3.8) is 0 Å². The van der Waals surface area contributed by atoms with Crippen LogP contribution in [0.15, 0.2) is 36.4 Å². The quantitative estimate of drug-likeness (QED) is 0.736. The first kappa shape index (κ1) is 12.4. The van der Waals surface area contributed by atoms with E-state index in [-0.39, 0.29) is 11.7 Å². The lowest BCUT2D eigenvalue weighted by Gasteiger charge is -2.29. The first-order chi connectivity index (χ1) is 9.08. The van der Waals surface area contributed by atoms with Gasteiger partial charge in [0.25, 0.3) is 0 Å². The number of ketones is 1. The predicted octanol–water partition coefficient (Wildman–Crippen LogP) is 4.48. The Labute approximate surface area is 118 Å². The summed E-state index contributed by atoms with van der Waals surface area (Å²) in [4.78, 5) is 12.6. The number of rotatable bonds is 2. The van der Waals surface area contributed by atoms with Crippen molar-refractivity contribution in [1.29, 1.82) is 0 Å². The molecule has 0 radical (unpaired) electrons. The summed E-state index contributed by atoms with van der Waals surface area (Å²) in [5, 5.41) is 0.725. The fourth-order valence-corrected chi connectivity index (χ4v) is 2.95. The highest BCUT2D eigenvalue weighted by Crippen LogP contribution is 2.38. The van der Waals surface area contributed by atoms with Crippen molar-refractivity contribution in [2.45, 2.75) is 26.2 Å². The van der Waals surface area contributed by atoms with E-state index < -0.39 is 0 Å². The maximum Gasteiger partial charge on any atom is 0.170 e. The van der Waals surface area contributed by atoms with Gasteiger partial charge in [-0.05, 0) is 54.7 Å². The number of hydrogen-bond donors (Lipinski definition) is 0. The molecule has 0 heterocycles. The molecule has 1 atom stereocenters. The number of aryl methyl sites for hydroxylation is 2. The van der Waals surface area contributed by atoms with E-state index in [2.05, 4.69) is 12.1 Å². The minimum atomic E-state index is 0.0236. The summed E-state index contributed by atoms with van der Waals surface area (Å²) in [7, 11) is 0. The van der Waals surface area contributed by atoms with Crippen molar-refractivity contribution in [3.05, 3.63) is 69.2 Å². The van der Waals surface area contributed by atoms with Crippen LogP contribution in [-0.2, 0) is 6.42 Å². The average molecular weight is 271 g/mol. The number of carbonyl (C=O) groups excluding carboxylic acids is 1. The van der Waals surface area contributed by atoms with Crippen LogP contribution in [-0.4, -0.2) is 5.78 Å². The molecule has 0 N–H and O–H groups in total. The summed E-state index contributed by atoms with van der Waals surface area (Å²) < 4.78 is 0. The molecule has 1 nitrogen and oxygen atoms in total. The summed E-state index contributed by atoms with van der Waals surface area (Å²) in [6.07, 6.45) is 0.857. The van der Waals surface area contributed by atoms with Crippen LogP contribution in [0.1, 0.15) is 38.5 Å². The zero-order chi connectivity index (χ0) is 13.6. The second-order valence-electron chi connectivity index (χ2n) is 5.24. The van der Waals surface area contributed by atoms with E-state index in [9.17, 15) is 4.79 Å². The standard InChI is InChI=1S/C17H15ClO/c1-10-8-16(18)11(2)7-14(10)17(19)15-9-12-5-3-4-6-13(12)15/h3-8,15H,9H2,1-2H3. The van der Waals surface area contributed by atoms with Crippen LogP contribution in [0.5, 0.6) is 0 Å². The highest BCUT2D eigenvalue weighted by atomic mass is 35.5. The van der Waals surface area contributed by atoms with Gasteiger partial charge in [0, 0.05) is 10.6 Å². The number of Topliss-reactive ketones (excluding diaryl/α,β-unsaturated/α-hetero) is 1. The van der Waals surface area contributed by atoms with Gasteiger partial charge in [-0.1, -0.05) is 35.9 Å². The topological polar surface area (TPSA) is 17.1 Å². The Morgan fingerprint density at radius 2 is 1.89 bits per heavy atom. The van der Waals surface area contributed by atoms with E-state index in [4.69, 9.17) is 11.6 Å². The lowest BCUT2D eigenvalue weighted by molar-refractivity contribution is 0.0948. The molecule has 2 aromatic carbocycles. The molecule has 0 amide bonds. The van der Waals surface area contributed by atoms with E-state index in [1.165, 1.54) is 11.1 Å². The molecule has 0 bridgehead atoms. The third kappa shape index (κ3) is 1.98. The minimum absolute atomic E-state index is 0.0236. The van der Waals surface area contributed by atoms with Gasteiger partial charge in [0.15, 0.2) is 5.78 Å². The van der Waals surface area contributed by atoms with E-state index in [0.717, 1.165) is 28.1 Å². The second kappa shape index (κ2) is 4.50. The van der Waals surface area contributed by atoms with Gasteiger partial charge in [-0.25, -0.2) is 0 Å². The van der Waals surface area contributed by atoms with Gasteiger partial charge >= 0.3 is 0 Å². The third-order valence-electron chi connectivity index (χ3n) is 3.94. The van der Waals surface area contributed by atoms with Crippen LogP contribution < -0.4 is 0 Å². The number of carbonyl (C=O) groups is 1. The Kier molecular flexibility index (Phi) is 2.94. The number of benzene rings is 2. The molecule has 0 fully saturated rings. The van der Waals surface area contributed by atoms with Gasteiger partial charge in [0.05, 0.1) is 5.92 Å². The zero-order valence-corrected chi connectivity index (χ0v) is 11.8. The number of hydrogen-bond acceptors (Lipinski definition) is 1. The summed E-state index contributed by atoms with van der Waals surface area (Å²) >= 11 is 6.09. The Bertz CT molecular complexity index is 673. The molecule has 1 aliphatic carbocycles. The summed E-state index contributed by atoms with van der Waals surface area (Å²) in [5.74, 6) is 0.242. The Balaban J connectivity index is 1.97. The zero-order valence-electron chi connectivity index (χ0n) is 11.0. The first-order valence-electron chi connectivity index (χ1n) is 6.46. The van der Waals surface area contributed by atoms with Gasteiger partial charge in [0.2, 0.25) is 0 Å². The average Bonchev–Trinajstić information content (AvgIpc) is 2.35. The SMILES string of the molecule is Cc1cc(C(=O)C2Cc3ccccc32)c(C)cc1Cl. The fourth-order valence-electron chi connectivity index (χ4n) is 2.73. The van der Waals surface area contributed by atoms with Gasteiger partial charge < -0.3 is 0 Å². The van der Waals surface area contributed by atoms with Crippen LogP contribution in [0.25, 0.3) is 0 Å². The van der Waals surface area contributed by atoms with Gasteiger partial charge in [-0.2, -0.15) is 0 Å². The Hall–Kier alpha value is -1.60. The van der Waals surface area contributed by atoms with Crippen molar-refractivity contribution >= 4 is 17.4 Å². The lowest BCUT2D eigenvalue weighted by Crippen LogP contribution is -2.25. The smallest absolute Gasteiger partial charge is 0.170 e. The molecule has 19 heavy (non-hydrogen) atoms. The van der Waals surface area contributed by atoms with E-state index in [1.54, 1.807) is 0 Å². The largest absolute Gasteiger partial charge is 0.293 e. The lowest BCUT2D eigenvalue weighted by atomic mass is 9.73. The summed E-state index contributed by atoms with van der Waals surface area (Å²) in [6, 6.07) is 12.0. The molecule has 2 aromatic rings. The highest BCUT2D eigenvalue weighted by molar-refractivity contribution is 6.31. The van der Waals surface area contributed by atoms with E-state index in [1.807, 2.05) is 38.1 Å². The molecule has 1 unspecified atom stereocenters. The van der Waals surface area contributed by atoms with Crippen LogP contribution in [0.2, 0.25) is 5.02 Å². The Morgan fingerprint density at radius 3 is 2.63 bits per heavy atom. The monoisotopic (exact) mass is 270 g/mol. The second-order valence-corrected chi connectivity index (χ2v) is 5.64. The minimum Gasteiger partial charge on any atom is -0.293 e. The predicted molar refractivity (Wildman–Crippen MR) is 78.1 cm³/mol. The molecule has 0 aliphatic heterocycles. The van der Waals surface area contributed by atoms with Gasteiger partial charge in [-0.15, -0.1) is 0 Å². The van der Waals surface area contributed by atoms with E-state index in [0.29, 0.717) is 0 Å². The van der Waals surface area contributed by atoms with Gasteiger partial charge in [-0.3, -0.25) is 4.79 Å². The number of fused-ring (bicyclic) bond motifs is 1. The molecular weight excluding hydrogens is 256 g/mol. The number of halogens is 1. The van der Waals surface area contributed by atoms with Crippen molar-refractivity contribution in [2.24, 2.45) is 0 Å². The molecule has 1 aliphatic rings.